The van der Waals surface area contributed by atoms with Gasteiger partial charge in [0.15, 0.2) is 0 Å². The Morgan fingerprint density at radius 1 is 1.32 bits per heavy atom. The molecular formula is C15H18BrNOS. The second-order valence-electron chi connectivity index (χ2n) is 5.29. The van der Waals surface area contributed by atoms with Crippen LogP contribution in [0.15, 0.2) is 28.7 Å². The Bertz CT molecular complexity index is 471. The van der Waals surface area contributed by atoms with Crippen molar-refractivity contribution in [2.24, 2.45) is 5.92 Å². The van der Waals surface area contributed by atoms with Crippen LogP contribution in [0.4, 0.5) is 0 Å². The minimum Gasteiger partial charge on any atom is -0.342 e. The second kappa shape index (κ2) is 5.88. The predicted molar refractivity (Wildman–Crippen MR) is 83.5 cm³/mol. The van der Waals surface area contributed by atoms with Gasteiger partial charge in [-0.05, 0) is 42.2 Å². The lowest BCUT2D eigenvalue weighted by atomic mass is 10.1. The van der Waals surface area contributed by atoms with E-state index in [9.17, 15) is 4.79 Å². The molecule has 0 bridgehead atoms. The Balaban J connectivity index is 1.64. The molecular weight excluding hydrogens is 322 g/mol. The summed E-state index contributed by atoms with van der Waals surface area (Å²) < 4.78 is 1.11. The molecule has 1 aromatic rings. The smallest absolute Gasteiger partial charge is 0.226 e. The highest BCUT2D eigenvalue weighted by molar-refractivity contribution is 9.10. The number of rotatable bonds is 2. The van der Waals surface area contributed by atoms with E-state index in [2.05, 4.69) is 39.0 Å². The highest BCUT2D eigenvalue weighted by atomic mass is 79.9. The Labute approximate surface area is 127 Å². The van der Waals surface area contributed by atoms with E-state index in [4.69, 9.17) is 0 Å². The van der Waals surface area contributed by atoms with Crippen LogP contribution in [0, 0.1) is 5.92 Å². The zero-order valence-corrected chi connectivity index (χ0v) is 13.3. The van der Waals surface area contributed by atoms with E-state index >= 15 is 0 Å². The molecule has 1 saturated heterocycles. The molecule has 1 heterocycles. The molecule has 2 atom stereocenters. The summed E-state index contributed by atoms with van der Waals surface area (Å²) in [6.07, 6.45) is 2.17. The lowest BCUT2D eigenvalue weighted by molar-refractivity contribution is -0.132. The van der Waals surface area contributed by atoms with Gasteiger partial charge in [0.1, 0.15) is 0 Å². The molecule has 0 radical (unpaired) electrons. The molecule has 102 valence electrons. The first-order valence-electron chi connectivity index (χ1n) is 6.88. The van der Waals surface area contributed by atoms with Gasteiger partial charge in [-0.25, -0.2) is 0 Å². The van der Waals surface area contributed by atoms with Gasteiger partial charge in [0.2, 0.25) is 5.91 Å². The molecule has 1 saturated carbocycles. The summed E-state index contributed by atoms with van der Waals surface area (Å²) in [4.78, 5) is 14.6. The van der Waals surface area contributed by atoms with Crippen LogP contribution in [0.25, 0.3) is 0 Å². The van der Waals surface area contributed by atoms with Gasteiger partial charge in [-0.2, -0.15) is 11.8 Å². The van der Waals surface area contributed by atoms with Crippen LogP contribution in [-0.4, -0.2) is 35.4 Å². The van der Waals surface area contributed by atoms with E-state index in [1.807, 2.05) is 17.8 Å². The van der Waals surface area contributed by atoms with E-state index in [1.165, 1.54) is 11.3 Å². The summed E-state index contributed by atoms with van der Waals surface area (Å²) in [5, 5.41) is 0. The van der Waals surface area contributed by atoms with Gasteiger partial charge in [-0.15, -0.1) is 0 Å². The number of halogens is 1. The highest BCUT2D eigenvalue weighted by Crippen LogP contribution is 2.49. The molecule has 1 amide bonds. The minimum atomic E-state index is 0.234. The Hall–Kier alpha value is -0.480. The molecule has 19 heavy (non-hydrogen) atoms. The number of carbonyl (C=O) groups excluding carboxylic acids is 1. The first kappa shape index (κ1) is 13.5. The van der Waals surface area contributed by atoms with E-state index in [1.54, 1.807) is 0 Å². The molecule has 3 rings (SSSR count). The van der Waals surface area contributed by atoms with E-state index in [-0.39, 0.29) is 5.92 Å². The van der Waals surface area contributed by atoms with Crippen molar-refractivity contribution < 1.29 is 4.79 Å². The molecule has 2 nitrogen and oxygen atoms in total. The van der Waals surface area contributed by atoms with Crippen molar-refractivity contribution in [3.05, 3.63) is 34.3 Å². The number of nitrogens with zero attached hydrogens (tertiary/aromatic N) is 1. The third-order valence-electron chi connectivity index (χ3n) is 3.92. The van der Waals surface area contributed by atoms with Crippen LogP contribution in [0.3, 0.4) is 0 Å². The third-order valence-corrected chi connectivity index (χ3v) is 5.46. The Morgan fingerprint density at radius 2 is 2.21 bits per heavy atom. The monoisotopic (exact) mass is 339 g/mol. The van der Waals surface area contributed by atoms with Gasteiger partial charge in [0.25, 0.3) is 0 Å². The van der Waals surface area contributed by atoms with Gasteiger partial charge >= 0.3 is 0 Å². The van der Waals surface area contributed by atoms with Crippen molar-refractivity contribution in [3.8, 4) is 0 Å². The first-order chi connectivity index (χ1) is 9.25. The van der Waals surface area contributed by atoms with Gasteiger partial charge in [-0.1, -0.05) is 28.1 Å². The maximum absolute atomic E-state index is 12.5. The van der Waals surface area contributed by atoms with Gasteiger partial charge in [0, 0.05) is 29.2 Å². The first-order valence-corrected chi connectivity index (χ1v) is 8.82. The van der Waals surface area contributed by atoms with Gasteiger partial charge in [-0.3, -0.25) is 4.79 Å². The van der Waals surface area contributed by atoms with Gasteiger partial charge in [0.05, 0.1) is 0 Å². The standard InChI is InChI=1S/C15H18BrNOS/c16-12-4-1-3-11(9-12)13-10-14(13)15(18)17-5-2-7-19-8-6-17/h1,3-4,9,13-14H,2,5-8,10H2. The number of amides is 1. The fourth-order valence-corrected chi connectivity index (χ4v) is 4.08. The van der Waals surface area contributed by atoms with Crippen LogP contribution >= 0.6 is 27.7 Å². The second-order valence-corrected chi connectivity index (χ2v) is 7.44. The number of hydrogen-bond donors (Lipinski definition) is 0. The predicted octanol–water partition coefficient (Wildman–Crippen LogP) is 3.52. The third kappa shape index (κ3) is 3.16. The number of benzene rings is 1. The normalized spacial score (nSPS) is 26.9. The molecule has 4 heteroatoms. The van der Waals surface area contributed by atoms with Crippen molar-refractivity contribution in [1.29, 1.82) is 0 Å². The van der Waals surface area contributed by atoms with Gasteiger partial charge < -0.3 is 4.90 Å². The van der Waals surface area contributed by atoms with Crippen molar-refractivity contribution in [3.63, 3.8) is 0 Å². The molecule has 1 aromatic carbocycles. The van der Waals surface area contributed by atoms with E-state index < -0.39 is 0 Å². The molecule has 2 fully saturated rings. The Kier molecular flexibility index (Phi) is 4.18. The average Bonchev–Trinajstić information content (AvgIpc) is 3.22. The number of thioether (sulfide) groups is 1. The lowest BCUT2D eigenvalue weighted by Crippen LogP contribution is -2.34. The summed E-state index contributed by atoms with van der Waals surface area (Å²) >= 11 is 5.47. The fourth-order valence-electron chi connectivity index (χ4n) is 2.77. The average molecular weight is 340 g/mol. The summed E-state index contributed by atoms with van der Waals surface area (Å²) in [5.74, 6) is 3.36. The maximum Gasteiger partial charge on any atom is 0.226 e. The fraction of sp³-hybridized carbons (Fsp3) is 0.533. The highest BCUT2D eigenvalue weighted by Gasteiger charge is 2.45. The zero-order valence-electron chi connectivity index (χ0n) is 10.8. The van der Waals surface area contributed by atoms with Crippen LogP contribution in [0.1, 0.15) is 24.3 Å². The van der Waals surface area contributed by atoms with Crippen molar-refractivity contribution >= 4 is 33.6 Å². The molecule has 0 spiro atoms. The largest absolute Gasteiger partial charge is 0.342 e. The maximum atomic E-state index is 12.5. The summed E-state index contributed by atoms with van der Waals surface area (Å²) in [7, 11) is 0. The zero-order chi connectivity index (χ0) is 13.2. The SMILES string of the molecule is O=C(C1CC1c1cccc(Br)c1)N1CCCSCC1. The van der Waals surface area contributed by atoms with Crippen molar-refractivity contribution in [2.75, 3.05) is 24.6 Å². The van der Waals surface area contributed by atoms with Crippen molar-refractivity contribution in [2.45, 2.75) is 18.8 Å². The molecule has 2 aliphatic rings. The molecule has 0 aromatic heterocycles. The van der Waals surface area contributed by atoms with Crippen LogP contribution in [0.5, 0.6) is 0 Å². The quantitative estimate of drug-likeness (QED) is 0.821. The molecule has 1 aliphatic carbocycles. The van der Waals surface area contributed by atoms with Crippen LogP contribution < -0.4 is 0 Å². The van der Waals surface area contributed by atoms with Crippen LogP contribution in [-0.2, 0) is 4.79 Å². The van der Waals surface area contributed by atoms with E-state index in [0.29, 0.717) is 11.8 Å². The van der Waals surface area contributed by atoms with E-state index in [0.717, 1.165) is 36.2 Å². The minimum absolute atomic E-state index is 0.234. The summed E-state index contributed by atoms with van der Waals surface area (Å²) in [6, 6.07) is 8.38. The van der Waals surface area contributed by atoms with Crippen LogP contribution in [0.2, 0.25) is 0 Å². The number of hydrogen-bond acceptors (Lipinski definition) is 2. The number of carbonyl (C=O) groups is 1. The lowest BCUT2D eigenvalue weighted by Gasteiger charge is -2.20. The molecule has 0 N–H and O–H groups in total. The molecule has 2 unspecified atom stereocenters. The topological polar surface area (TPSA) is 20.3 Å². The Morgan fingerprint density at radius 3 is 3.05 bits per heavy atom. The molecule has 1 aliphatic heterocycles. The summed E-state index contributed by atoms with van der Waals surface area (Å²) in [6.45, 7) is 1.89. The van der Waals surface area contributed by atoms with Crippen molar-refractivity contribution in [1.82, 2.24) is 4.90 Å². The summed E-state index contributed by atoms with van der Waals surface area (Å²) in [5.41, 5.74) is 1.30.